The molecule has 0 aromatic carbocycles. The topological polar surface area (TPSA) is 46.2 Å². The molecule has 0 aliphatic heterocycles. The van der Waals surface area contributed by atoms with Gasteiger partial charge >= 0.3 is 0 Å². The van der Waals surface area contributed by atoms with Gasteiger partial charge in [-0.25, -0.2) is 8.42 Å². The summed E-state index contributed by atoms with van der Waals surface area (Å²) in [6, 6.07) is 0.265. The number of allylic oxidation sites excluding steroid dienone is 1. The Balaban J connectivity index is 2.35. The molecule has 3 nitrogen and oxygen atoms in total. The molecule has 3 atom stereocenters. The van der Waals surface area contributed by atoms with Gasteiger partial charge in [0.15, 0.2) is 0 Å². The van der Waals surface area contributed by atoms with Gasteiger partial charge in [0.2, 0.25) is 0 Å². The van der Waals surface area contributed by atoms with Crippen LogP contribution in [-0.2, 0) is 9.84 Å². The van der Waals surface area contributed by atoms with Crippen molar-refractivity contribution in [3.05, 3.63) is 11.6 Å². The van der Waals surface area contributed by atoms with Gasteiger partial charge in [0.05, 0.1) is 5.75 Å². The molecule has 0 aromatic rings. The Labute approximate surface area is 112 Å². The van der Waals surface area contributed by atoms with Crippen molar-refractivity contribution in [1.29, 1.82) is 0 Å². The van der Waals surface area contributed by atoms with Crippen LogP contribution in [0.3, 0.4) is 0 Å². The van der Waals surface area contributed by atoms with Gasteiger partial charge in [0, 0.05) is 18.8 Å². The molecule has 106 valence electrons. The van der Waals surface area contributed by atoms with Crippen LogP contribution in [0.15, 0.2) is 11.6 Å². The van der Waals surface area contributed by atoms with Crippen LogP contribution in [0.4, 0.5) is 0 Å². The summed E-state index contributed by atoms with van der Waals surface area (Å²) in [5.41, 5.74) is 1.48. The molecular formula is C14H27NO2S. The SMILES string of the molecule is CC1=CCC[C@H](C)[C@@H]1CN[C@@H](C)CCS(C)(=O)=O. The summed E-state index contributed by atoms with van der Waals surface area (Å²) in [5.74, 6) is 1.61. The maximum Gasteiger partial charge on any atom is 0.147 e. The third-order valence-electron chi connectivity index (χ3n) is 3.97. The van der Waals surface area contributed by atoms with Crippen molar-refractivity contribution in [2.45, 2.75) is 46.1 Å². The molecule has 1 rings (SSSR count). The molecule has 0 aromatic heterocycles. The maximum atomic E-state index is 11.1. The van der Waals surface area contributed by atoms with Gasteiger partial charge in [0.25, 0.3) is 0 Å². The predicted molar refractivity (Wildman–Crippen MR) is 77.4 cm³/mol. The van der Waals surface area contributed by atoms with Gasteiger partial charge in [-0.15, -0.1) is 0 Å². The number of rotatable bonds is 6. The summed E-state index contributed by atoms with van der Waals surface area (Å²) >= 11 is 0. The number of hydrogen-bond acceptors (Lipinski definition) is 3. The molecule has 0 fully saturated rings. The Hall–Kier alpha value is -0.350. The minimum atomic E-state index is -2.84. The minimum Gasteiger partial charge on any atom is -0.314 e. The van der Waals surface area contributed by atoms with Crippen molar-refractivity contribution in [2.24, 2.45) is 11.8 Å². The number of sulfone groups is 1. The van der Waals surface area contributed by atoms with E-state index in [1.54, 1.807) is 0 Å². The molecule has 4 heteroatoms. The Morgan fingerprint density at radius 3 is 2.72 bits per heavy atom. The summed E-state index contributed by atoms with van der Waals surface area (Å²) < 4.78 is 22.2. The standard InChI is InChI=1S/C14H27NO2S/c1-11-6-5-7-12(2)14(11)10-15-13(3)8-9-18(4,16)17/h6,12-15H,5,7-10H2,1-4H3/t12-,13-,14+/m0/s1. The third-order valence-corrected chi connectivity index (χ3v) is 4.95. The number of hydrogen-bond donors (Lipinski definition) is 1. The van der Waals surface area contributed by atoms with Crippen LogP contribution in [-0.4, -0.2) is 33.0 Å². The quantitative estimate of drug-likeness (QED) is 0.756. The minimum absolute atomic E-state index is 0.265. The molecule has 0 amide bonds. The molecule has 0 saturated carbocycles. The molecule has 1 N–H and O–H groups in total. The van der Waals surface area contributed by atoms with E-state index < -0.39 is 9.84 Å². The van der Waals surface area contributed by atoms with Crippen LogP contribution in [0.5, 0.6) is 0 Å². The molecule has 1 aliphatic carbocycles. The lowest BCUT2D eigenvalue weighted by atomic mass is 9.80. The highest BCUT2D eigenvalue weighted by atomic mass is 32.2. The van der Waals surface area contributed by atoms with E-state index in [4.69, 9.17) is 0 Å². The van der Waals surface area contributed by atoms with Crippen LogP contribution in [0.2, 0.25) is 0 Å². The molecule has 0 heterocycles. The Morgan fingerprint density at radius 1 is 1.50 bits per heavy atom. The van der Waals surface area contributed by atoms with Gasteiger partial charge in [0.1, 0.15) is 9.84 Å². The highest BCUT2D eigenvalue weighted by Crippen LogP contribution is 2.29. The molecule has 1 aliphatic rings. The van der Waals surface area contributed by atoms with Crippen molar-refractivity contribution in [3.63, 3.8) is 0 Å². The molecule has 18 heavy (non-hydrogen) atoms. The van der Waals surface area contributed by atoms with E-state index in [9.17, 15) is 8.42 Å². The van der Waals surface area contributed by atoms with Crippen molar-refractivity contribution >= 4 is 9.84 Å². The van der Waals surface area contributed by atoms with Crippen molar-refractivity contribution in [1.82, 2.24) is 5.32 Å². The second-order valence-electron chi connectivity index (χ2n) is 5.84. The first-order chi connectivity index (χ1) is 8.29. The van der Waals surface area contributed by atoms with Crippen molar-refractivity contribution in [2.75, 3.05) is 18.6 Å². The molecule has 0 radical (unpaired) electrons. The summed E-state index contributed by atoms with van der Waals surface area (Å²) in [4.78, 5) is 0. The molecule has 0 unspecified atom stereocenters. The average molecular weight is 273 g/mol. The van der Waals surface area contributed by atoms with Crippen LogP contribution in [0.1, 0.15) is 40.0 Å². The summed E-state index contributed by atoms with van der Waals surface area (Å²) in [5, 5.41) is 3.48. The van der Waals surface area contributed by atoms with Crippen LogP contribution in [0.25, 0.3) is 0 Å². The first kappa shape index (κ1) is 15.7. The monoisotopic (exact) mass is 273 g/mol. The van der Waals surface area contributed by atoms with E-state index in [1.165, 1.54) is 24.7 Å². The Kier molecular flexibility index (Phi) is 5.86. The molecular weight excluding hydrogens is 246 g/mol. The first-order valence-corrected chi connectivity index (χ1v) is 8.93. The smallest absolute Gasteiger partial charge is 0.147 e. The van der Waals surface area contributed by atoms with Crippen LogP contribution in [0, 0.1) is 11.8 Å². The van der Waals surface area contributed by atoms with E-state index in [1.807, 2.05) is 0 Å². The fourth-order valence-electron chi connectivity index (χ4n) is 2.56. The van der Waals surface area contributed by atoms with E-state index in [2.05, 4.69) is 32.2 Å². The van der Waals surface area contributed by atoms with Gasteiger partial charge in [-0.3, -0.25) is 0 Å². The van der Waals surface area contributed by atoms with Crippen molar-refractivity contribution < 1.29 is 8.42 Å². The summed E-state index contributed by atoms with van der Waals surface area (Å²) in [6.07, 6.45) is 6.81. The highest BCUT2D eigenvalue weighted by Gasteiger charge is 2.22. The lowest BCUT2D eigenvalue weighted by Crippen LogP contribution is -2.36. The first-order valence-electron chi connectivity index (χ1n) is 6.87. The molecule has 0 saturated heterocycles. The zero-order chi connectivity index (χ0) is 13.8. The average Bonchev–Trinajstić information content (AvgIpc) is 2.25. The van der Waals surface area contributed by atoms with E-state index >= 15 is 0 Å². The highest BCUT2D eigenvalue weighted by molar-refractivity contribution is 7.90. The summed E-state index contributed by atoms with van der Waals surface area (Å²) in [7, 11) is -2.84. The molecule has 0 spiro atoms. The van der Waals surface area contributed by atoms with Crippen LogP contribution >= 0.6 is 0 Å². The Morgan fingerprint density at radius 2 is 2.17 bits per heavy atom. The van der Waals surface area contributed by atoms with E-state index in [0.29, 0.717) is 12.3 Å². The lowest BCUT2D eigenvalue weighted by molar-refractivity contribution is 0.336. The fourth-order valence-corrected chi connectivity index (χ4v) is 3.34. The zero-order valence-electron chi connectivity index (χ0n) is 12.1. The van der Waals surface area contributed by atoms with Gasteiger partial charge in [-0.05, 0) is 44.9 Å². The summed E-state index contributed by atoms with van der Waals surface area (Å²) in [6.45, 7) is 7.55. The van der Waals surface area contributed by atoms with E-state index in [-0.39, 0.29) is 11.8 Å². The normalized spacial score (nSPS) is 26.8. The maximum absolute atomic E-state index is 11.1. The third kappa shape index (κ3) is 5.53. The van der Waals surface area contributed by atoms with Crippen molar-refractivity contribution in [3.8, 4) is 0 Å². The predicted octanol–water partition coefficient (Wildman–Crippen LogP) is 2.39. The fraction of sp³-hybridized carbons (Fsp3) is 0.857. The Bertz CT molecular complexity index is 387. The van der Waals surface area contributed by atoms with Crippen LogP contribution < -0.4 is 5.32 Å². The zero-order valence-corrected chi connectivity index (χ0v) is 12.9. The molecule has 0 bridgehead atoms. The van der Waals surface area contributed by atoms with E-state index in [0.717, 1.165) is 12.5 Å². The largest absolute Gasteiger partial charge is 0.314 e. The lowest BCUT2D eigenvalue weighted by Gasteiger charge is -2.30. The number of nitrogens with one attached hydrogen (secondary N) is 1. The van der Waals surface area contributed by atoms with Gasteiger partial charge in [-0.2, -0.15) is 0 Å². The van der Waals surface area contributed by atoms with Gasteiger partial charge < -0.3 is 5.32 Å². The van der Waals surface area contributed by atoms with Gasteiger partial charge in [-0.1, -0.05) is 18.6 Å². The second-order valence-corrected chi connectivity index (χ2v) is 8.10. The second kappa shape index (κ2) is 6.71.